The molecule has 2 amide bonds. The van der Waals surface area contributed by atoms with Crippen molar-refractivity contribution in [1.82, 2.24) is 25.6 Å². The summed E-state index contributed by atoms with van der Waals surface area (Å²) in [4.78, 5) is 28.0. The van der Waals surface area contributed by atoms with Crippen molar-refractivity contribution in [3.05, 3.63) is 41.0 Å². The lowest BCUT2D eigenvalue weighted by Crippen LogP contribution is -2.43. The Labute approximate surface area is 195 Å². The van der Waals surface area contributed by atoms with Gasteiger partial charge in [-0.3, -0.25) is 5.32 Å². The number of hydrogen-bond donors (Lipinski definition) is 4. The lowest BCUT2D eigenvalue weighted by Gasteiger charge is -2.29. The number of nitrogens with one attached hydrogen (secondary N) is 4. The largest absolute Gasteiger partial charge is 0.369 e. The van der Waals surface area contributed by atoms with E-state index in [0.29, 0.717) is 21.9 Å². The van der Waals surface area contributed by atoms with E-state index in [1.807, 2.05) is 39.0 Å². The molecule has 0 unspecified atom stereocenters. The van der Waals surface area contributed by atoms with Crippen LogP contribution in [0.4, 0.5) is 27.9 Å². The first-order valence-corrected chi connectivity index (χ1v) is 11.3. The third kappa shape index (κ3) is 5.63. The third-order valence-electron chi connectivity index (χ3n) is 4.85. The Morgan fingerprint density at radius 2 is 1.84 bits per heavy atom. The molecule has 1 aromatic carbocycles. The third-order valence-corrected chi connectivity index (χ3v) is 5.45. The first-order chi connectivity index (χ1) is 15.3. The highest BCUT2D eigenvalue weighted by Crippen LogP contribution is 2.26. The average Bonchev–Trinajstić information content (AvgIpc) is 2.74. The number of anilines is 4. The maximum Gasteiger partial charge on any atom is 0.320 e. The van der Waals surface area contributed by atoms with Gasteiger partial charge in [-0.05, 0) is 67.0 Å². The molecule has 0 bridgehead atoms. The predicted molar refractivity (Wildman–Crippen MR) is 132 cm³/mol. The predicted octanol–water partition coefficient (Wildman–Crippen LogP) is 3.86. The Morgan fingerprint density at radius 3 is 2.53 bits per heavy atom. The second kappa shape index (κ2) is 9.25. The van der Waals surface area contributed by atoms with Crippen LogP contribution in [-0.4, -0.2) is 52.7 Å². The molecule has 4 rings (SSSR count). The molecule has 3 heterocycles. The molecule has 3 aromatic rings. The van der Waals surface area contributed by atoms with Crippen LogP contribution in [0.25, 0.3) is 11.0 Å². The van der Waals surface area contributed by atoms with Gasteiger partial charge in [0.2, 0.25) is 5.95 Å². The van der Waals surface area contributed by atoms with Crippen molar-refractivity contribution in [2.45, 2.75) is 26.3 Å². The number of fused-ring (bicyclic) bond motifs is 1. The molecule has 0 aliphatic carbocycles. The van der Waals surface area contributed by atoms with Gasteiger partial charge in [0.25, 0.3) is 0 Å². The van der Waals surface area contributed by atoms with Crippen LogP contribution in [0, 0.1) is 0 Å². The topological polar surface area (TPSA) is 107 Å². The maximum atomic E-state index is 12.2. The van der Waals surface area contributed by atoms with E-state index in [2.05, 4.69) is 69.2 Å². The van der Waals surface area contributed by atoms with Gasteiger partial charge in [0.15, 0.2) is 11.5 Å². The Hall–Kier alpha value is -2.98. The number of aromatic nitrogens is 3. The van der Waals surface area contributed by atoms with Crippen LogP contribution in [0.3, 0.4) is 0 Å². The standard InChI is InChI=1S/C22H27BrN8O/c1-22(2,3)30-21(32)29-19-17(23)12-14-13-25-20(28-18(14)27-19)26-15-4-6-16(7-5-15)31-10-8-24-9-11-31/h4-7,12-13,24H,8-11H2,1-3H3,(H3,25,26,27,28,29,30,32). The van der Waals surface area contributed by atoms with Crippen LogP contribution < -0.4 is 26.2 Å². The normalized spacial score (nSPS) is 14.3. The van der Waals surface area contributed by atoms with Crippen molar-refractivity contribution in [2.24, 2.45) is 0 Å². The summed E-state index contributed by atoms with van der Waals surface area (Å²) in [6.45, 7) is 9.76. The summed E-state index contributed by atoms with van der Waals surface area (Å²) in [6, 6.07) is 9.73. The minimum atomic E-state index is -0.354. The van der Waals surface area contributed by atoms with Crippen LogP contribution in [-0.2, 0) is 0 Å². The molecule has 168 valence electrons. The van der Waals surface area contributed by atoms with E-state index in [9.17, 15) is 4.79 Å². The number of rotatable bonds is 4. The number of carbonyl (C=O) groups excluding carboxylic acids is 1. The Bertz CT molecular complexity index is 1110. The number of pyridine rings is 1. The number of hydrogen-bond acceptors (Lipinski definition) is 7. The zero-order valence-corrected chi connectivity index (χ0v) is 20.0. The van der Waals surface area contributed by atoms with Gasteiger partial charge < -0.3 is 20.9 Å². The number of piperazine rings is 1. The van der Waals surface area contributed by atoms with Gasteiger partial charge in [-0.25, -0.2) is 14.8 Å². The van der Waals surface area contributed by atoms with Gasteiger partial charge in [-0.15, -0.1) is 0 Å². The van der Waals surface area contributed by atoms with Crippen LogP contribution in [0.2, 0.25) is 0 Å². The zero-order chi connectivity index (χ0) is 22.7. The molecular formula is C22H27BrN8O. The summed E-state index contributed by atoms with van der Waals surface area (Å²) in [5.41, 5.74) is 2.22. The van der Waals surface area contributed by atoms with Crippen molar-refractivity contribution in [3.8, 4) is 0 Å². The Morgan fingerprint density at radius 1 is 1.12 bits per heavy atom. The molecule has 0 radical (unpaired) electrons. The van der Waals surface area contributed by atoms with Gasteiger partial charge in [0, 0.05) is 54.7 Å². The fourth-order valence-corrected chi connectivity index (χ4v) is 3.81. The first-order valence-electron chi connectivity index (χ1n) is 10.5. The van der Waals surface area contributed by atoms with Crippen molar-refractivity contribution in [1.29, 1.82) is 0 Å². The van der Waals surface area contributed by atoms with E-state index in [0.717, 1.165) is 37.3 Å². The summed E-state index contributed by atoms with van der Waals surface area (Å²) < 4.78 is 0.655. The van der Waals surface area contributed by atoms with Crippen molar-refractivity contribution in [3.63, 3.8) is 0 Å². The molecule has 32 heavy (non-hydrogen) atoms. The zero-order valence-electron chi connectivity index (χ0n) is 18.4. The van der Waals surface area contributed by atoms with Crippen LogP contribution in [0.5, 0.6) is 0 Å². The quantitative estimate of drug-likeness (QED) is 0.432. The summed E-state index contributed by atoms with van der Waals surface area (Å²) in [5.74, 6) is 0.830. The molecular weight excluding hydrogens is 472 g/mol. The second-order valence-corrected chi connectivity index (χ2v) is 9.52. The molecule has 0 saturated carbocycles. The molecule has 1 aliphatic rings. The summed E-state index contributed by atoms with van der Waals surface area (Å²) in [6.07, 6.45) is 1.70. The molecule has 0 atom stereocenters. The van der Waals surface area contributed by atoms with E-state index < -0.39 is 0 Å². The van der Waals surface area contributed by atoms with Gasteiger partial charge in [0.05, 0.1) is 4.47 Å². The fourth-order valence-electron chi connectivity index (χ4n) is 3.37. The van der Waals surface area contributed by atoms with E-state index >= 15 is 0 Å². The number of benzene rings is 1. The number of nitrogens with zero attached hydrogens (tertiary/aromatic N) is 4. The number of halogens is 1. The number of urea groups is 1. The Balaban J connectivity index is 1.50. The lowest BCUT2D eigenvalue weighted by molar-refractivity contribution is 0.243. The highest BCUT2D eigenvalue weighted by atomic mass is 79.9. The number of carbonyl (C=O) groups is 1. The monoisotopic (exact) mass is 498 g/mol. The molecule has 1 aliphatic heterocycles. The van der Waals surface area contributed by atoms with Crippen molar-refractivity contribution < 1.29 is 4.79 Å². The Kier molecular flexibility index (Phi) is 6.43. The molecule has 0 spiro atoms. The van der Waals surface area contributed by atoms with Gasteiger partial charge >= 0.3 is 6.03 Å². The lowest BCUT2D eigenvalue weighted by atomic mass is 10.1. The van der Waals surface area contributed by atoms with Crippen molar-refractivity contribution in [2.75, 3.05) is 41.7 Å². The average molecular weight is 499 g/mol. The van der Waals surface area contributed by atoms with Gasteiger partial charge in [-0.1, -0.05) is 0 Å². The second-order valence-electron chi connectivity index (χ2n) is 8.66. The van der Waals surface area contributed by atoms with E-state index in [1.165, 1.54) is 5.69 Å². The molecule has 4 N–H and O–H groups in total. The highest BCUT2D eigenvalue weighted by Gasteiger charge is 2.16. The molecule has 2 aromatic heterocycles. The van der Waals surface area contributed by atoms with Crippen LogP contribution >= 0.6 is 15.9 Å². The molecule has 1 fully saturated rings. The smallest absolute Gasteiger partial charge is 0.320 e. The molecule has 1 saturated heterocycles. The van der Waals surface area contributed by atoms with E-state index in [1.54, 1.807) is 6.20 Å². The minimum absolute atomic E-state index is 0.331. The summed E-state index contributed by atoms with van der Waals surface area (Å²) >= 11 is 3.45. The van der Waals surface area contributed by atoms with Crippen molar-refractivity contribution >= 4 is 56.1 Å². The molecule has 9 nitrogen and oxygen atoms in total. The maximum absolute atomic E-state index is 12.2. The molecule has 10 heteroatoms. The SMILES string of the molecule is CC(C)(C)NC(=O)Nc1nc2nc(Nc3ccc(N4CCNCC4)cc3)ncc2cc1Br. The van der Waals surface area contributed by atoms with Crippen LogP contribution in [0.1, 0.15) is 20.8 Å². The fraction of sp³-hybridized carbons (Fsp3) is 0.364. The highest BCUT2D eigenvalue weighted by molar-refractivity contribution is 9.10. The summed E-state index contributed by atoms with van der Waals surface area (Å²) in [5, 5.41) is 13.0. The first kappa shape index (κ1) is 22.2. The number of amides is 2. The minimum Gasteiger partial charge on any atom is -0.369 e. The van der Waals surface area contributed by atoms with E-state index in [-0.39, 0.29) is 11.6 Å². The van der Waals surface area contributed by atoms with Crippen LogP contribution in [0.15, 0.2) is 41.0 Å². The van der Waals surface area contributed by atoms with Gasteiger partial charge in [0.1, 0.15) is 0 Å². The van der Waals surface area contributed by atoms with Gasteiger partial charge in [-0.2, -0.15) is 4.98 Å². The van der Waals surface area contributed by atoms with E-state index in [4.69, 9.17) is 0 Å². The summed E-state index contributed by atoms with van der Waals surface area (Å²) in [7, 11) is 0.